The number of imidazole rings is 1. The minimum atomic E-state index is -1.31. The summed E-state index contributed by atoms with van der Waals surface area (Å²) in [6, 6.07) is 10.5. The van der Waals surface area contributed by atoms with Gasteiger partial charge in [-0.2, -0.15) is 10.2 Å². The van der Waals surface area contributed by atoms with E-state index in [9.17, 15) is 14.4 Å². The summed E-state index contributed by atoms with van der Waals surface area (Å²) in [7, 11) is 0. The molecular formula is C19H19N5O4. The number of aromatic nitrogens is 2. The van der Waals surface area contributed by atoms with Crippen molar-refractivity contribution in [3.8, 4) is 5.75 Å². The van der Waals surface area contributed by atoms with Crippen LogP contribution in [0.3, 0.4) is 0 Å². The minimum absolute atomic E-state index is 0.346. The van der Waals surface area contributed by atoms with E-state index < -0.39 is 17.7 Å². The highest BCUT2D eigenvalue weighted by Crippen LogP contribution is 2.27. The van der Waals surface area contributed by atoms with Crippen molar-refractivity contribution >= 4 is 34.1 Å². The van der Waals surface area contributed by atoms with Crippen LogP contribution in [-0.2, 0) is 9.59 Å². The van der Waals surface area contributed by atoms with E-state index in [1.165, 1.54) is 6.92 Å². The Kier molecular flexibility index (Phi) is 5.64. The highest BCUT2D eigenvalue weighted by Gasteiger charge is 2.23. The molecule has 144 valence electrons. The molecule has 2 aromatic carbocycles. The Bertz CT molecular complexity index is 1100. The largest absolute Gasteiger partial charge is 0.492 e. The lowest BCUT2D eigenvalue weighted by Gasteiger charge is -2.10. The van der Waals surface area contributed by atoms with Gasteiger partial charge in [-0.1, -0.05) is 12.1 Å². The van der Waals surface area contributed by atoms with Crippen LogP contribution in [0, 0.1) is 0 Å². The Balaban J connectivity index is 1.80. The molecule has 0 aliphatic carbocycles. The summed E-state index contributed by atoms with van der Waals surface area (Å²) in [4.78, 5) is 41.0. The summed E-state index contributed by atoms with van der Waals surface area (Å²) >= 11 is 0. The number of fused-ring (bicyclic) bond motifs is 1. The maximum absolute atomic E-state index is 12.5. The number of hydrogen-bond donors (Lipinski definition) is 3. The van der Waals surface area contributed by atoms with Gasteiger partial charge >= 0.3 is 5.69 Å². The summed E-state index contributed by atoms with van der Waals surface area (Å²) in [5, 5.41) is 10.6. The molecule has 0 aliphatic rings. The quantitative estimate of drug-likeness (QED) is 0.429. The summed E-state index contributed by atoms with van der Waals surface area (Å²) in [6.45, 7) is 3.56. The molecule has 0 saturated heterocycles. The number of ketones is 1. The Hall–Kier alpha value is -3.75. The second kappa shape index (κ2) is 8.30. The highest BCUT2D eigenvalue weighted by atomic mass is 16.5. The fourth-order valence-electron chi connectivity index (χ4n) is 2.58. The van der Waals surface area contributed by atoms with Gasteiger partial charge in [0, 0.05) is 5.69 Å². The van der Waals surface area contributed by atoms with Gasteiger partial charge in [0.2, 0.25) is 6.04 Å². The maximum Gasteiger partial charge on any atom is 0.323 e. The van der Waals surface area contributed by atoms with Crippen molar-refractivity contribution in [3.63, 3.8) is 0 Å². The van der Waals surface area contributed by atoms with Gasteiger partial charge in [-0.3, -0.25) is 9.59 Å². The van der Waals surface area contributed by atoms with E-state index in [1.807, 2.05) is 6.92 Å². The molecule has 9 heteroatoms. The molecule has 1 unspecified atom stereocenters. The number of amides is 1. The van der Waals surface area contributed by atoms with Crippen molar-refractivity contribution in [1.82, 2.24) is 9.97 Å². The van der Waals surface area contributed by atoms with Crippen molar-refractivity contribution in [2.45, 2.75) is 19.9 Å². The Morgan fingerprint density at radius 3 is 2.64 bits per heavy atom. The first-order chi connectivity index (χ1) is 13.5. The fourth-order valence-corrected chi connectivity index (χ4v) is 2.58. The van der Waals surface area contributed by atoms with Crippen molar-refractivity contribution in [1.29, 1.82) is 0 Å². The molecule has 0 aliphatic heterocycles. The number of aromatic amines is 2. The van der Waals surface area contributed by atoms with Crippen LogP contribution in [0.15, 0.2) is 57.5 Å². The standard InChI is InChI=1S/C19H19N5O4/c1-3-28-16-7-5-4-6-14(16)23-24-17(11(2)25)18(26)20-12-8-9-13-15(10-12)22-19(27)21-13/h4-10,17H,3H2,1-2H3,(H,20,26)(H2,21,22,27). The lowest BCUT2D eigenvalue weighted by Crippen LogP contribution is -2.31. The third-order valence-electron chi connectivity index (χ3n) is 3.86. The fraction of sp³-hybridized carbons (Fsp3) is 0.211. The number of carbonyl (C=O) groups is 2. The van der Waals surface area contributed by atoms with E-state index in [1.54, 1.807) is 42.5 Å². The maximum atomic E-state index is 12.5. The second-order valence-electron chi connectivity index (χ2n) is 5.96. The Morgan fingerprint density at radius 2 is 1.89 bits per heavy atom. The van der Waals surface area contributed by atoms with E-state index in [-0.39, 0.29) is 5.69 Å². The van der Waals surface area contributed by atoms with Gasteiger partial charge in [0.15, 0.2) is 5.78 Å². The van der Waals surface area contributed by atoms with Crippen LogP contribution in [-0.4, -0.2) is 34.3 Å². The number of benzene rings is 2. The first-order valence-electron chi connectivity index (χ1n) is 8.64. The molecule has 3 aromatic rings. The molecule has 1 amide bonds. The lowest BCUT2D eigenvalue weighted by atomic mass is 10.2. The van der Waals surface area contributed by atoms with Gasteiger partial charge in [-0.25, -0.2) is 4.79 Å². The van der Waals surface area contributed by atoms with Crippen LogP contribution < -0.4 is 15.7 Å². The predicted molar refractivity (Wildman–Crippen MR) is 104 cm³/mol. The number of ether oxygens (including phenoxy) is 1. The van der Waals surface area contributed by atoms with Crippen LogP contribution in [0.1, 0.15) is 13.8 Å². The normalized spacial score (nSPS) is 12.2. The monoisotopic (exact) mass is 381 g/mol. The smallest absolute Gasteiger partial charge is 0.323 e. The van der Waals surface area contributed by atoms with Gasteiger partial charge in [0.05, 0.1) is 17.6 Å². The Labute approximate surface area is 159 Å². The average Bonchev–Trinajstić information content (AvgIpc) is 3.02. The van der Waals surface area contributed by atoms with Crippen LogP contribution in [0.2, 0.25) is 0 Å². The summed E-state index contributed by atoms with van der Waals surface area (Å²) in [6.07, 6.45) is 0. The van der Waals surface area contributed by atoms with Crippen LogP contribution in [0.4, 0.5) is 11.4 Å². The molecule has 1 heterocycles. The molecular weight excluding hydrogens is 362 g/mol. The van der Waals surface area contributed by atoms with Gasteiger partial charge in [-0.05, 0) is 44.2 Å². The number of carbonyl (C=O) groups excluding carboxylic acids is 2. The predicted octanol–water partition coefficient (Wildman–Crippen LogP) is 2.93. The van der Waals surface area contributed by atoms with E-state index >= 15 is 0 Å². The summed E-state index contributed by atoms with van der Waals surface area (Å²) in [5.74, 6) is -0.563. The first kappa shape index (κ1) is 19.0. The number of H-pyrrole nitrogens is 2. The van der Waals surface area contributed by atoms with Gasteiger partial charge < -0.3 is 20.0 Å². The molecule has 0 spiro atoms. The number of azo groups is 1. The number of Topliss-reactive ketones (excluding diaryl/α,β-unsaturated/α-hetero) is 1. The number of hydrogen-bond acceptors (Lipinski definition) is 6. The third-order valence-corrected chi connectivity index (χ3v) is 3.86. The number of nitrogens with one attached hydrogen (secondary N) is 3. The van der Waals surface area contributed by atoms with Crippen LogP contribution >= 0.6 is 0 Å². The molecule has 0 saturated carbocycles. The topological polar surface area (TPSA) is 129 Å². The SMILES string of the molecule is CCOc1ccccc1N=NC(C(C)=O)C(=O)Nc1ccc2[nH]c(=O)[nH]c2c1. The summed E-state index contributed by atoms with van der Waals surface area (Å²) in [5.41, 5.74) is 1.65. The first-order valence-corrected chi connectivity index (χ1v) is 8.64. The molecule has 0 fully saturated rings. The van der Waals surface area contributed by atoms with E-state index in [4.69, 9.17) is 4.74 Å². The van der Waals surface area contributed by atoms with Crippen LogP contribution in [0.25, 0.3) is 11.0 Å². The molecule has 9 nitrogen and oxygen atoms in total. The van der Waals surface area contributed by atoms with Crippen molar-refractivity contribution in [2.75, 3.05) is 11.9 Å². The number of para-hydroxylation sites is 1. The molecule has 0 bridgehead atoms. The molecule has 28 heavy (non-hydrogen) atoms. The van der Waals surface area contributed by atoms with Crippen molar-refractivity contribution in [3.05, 3.63) is 52.9 Å². The zero-order chi connectivity index (χ0) is 20.1. The van der Waals surface area contributed by atoms with E-state index in [0.717, 1.165) is 0 Å². The van der Waals surface area contributed by atoms with Crippen molar-refractivity contribution < 1.29 is 14.3 Å². The van der Waals surface area contributed by atoms with Gasteiger partial charge in [0.25, 0.3) is 5.91 Å². The van der Waals surface area contributed by atoms with Gasteiger partial charge in [0.1, 0.15) is 11.4 Å². The third kappa shape index (κ3) is 4.32. The molecule has 0 radical (unpaired) electrons. The van der Waals surface area contributed by atoms with E-state index in [2.05, 4.69) is 25.5 Å². The molecule has 1 atom stereocenters. The number of anilines is 1. The van der Waals surface area contributed by atoms with Gasteiger partial charge in [-0.15, -0.1) is 0 Å². The summed E-state index contributed by atoms with van der Waals surface area (Å²) < 4.78 is 5.46. The molecule has 1 aromatic heterocycles. The number of nitrogens with zero attached hydrogens (tertiary/aromatic N) is 2. The Morgan fingerprint density at radius 1 is 1.14 bits per heavy atom. The highest BCUT2D eigenvalue weighted by molar-refractivity contribution is 6.10. The van der Waals surface area contributed by atoms with E-state index in [0.29, 0.717) is 34.8 Å². The molecule has 3 N–H and O–H groups in total. The molecule has 3 rings (SSSR count). The zero-order valence-electron chi connectivity index (χ0n) is 15.4. The van der Waals surface area contributed by atoms with Crippen LogP contribution in [0.5, 0.6) is 5.75 Å². The lowest BCUT2D eigenvalue weighted by molar-refractivity contribution is -0.126. The zero-order valence-corrected chi connectivity index (χ0v) is 15.4. The average molecular weight is 381 g/mol. The number of rotatable bonds is 7. The minimum Gasteiger partial charge on any atom is -0.492 e. The van der Waals surface area contributed by atoms with Crippen molar-refractivity contribution in [2.24, 2.45) is 10.2 Å². The second-order valence-corrected chi connectivity index (χ2v) is 5.96.